The normalized spacial score (nSPS) is 10.9. The van der Waals surface area contributed by atoms with Gasteiger partial charge in [0.15, 0.2) is 11.5 Å². The molecule has 0 aliphatic rings. The summed E-state index contributed by atoms with van der Waals surface area (Å²) in [6.45, 7) is 1.86. The minimum atomic E-state index is -0.354. The predicted octanol–water partition coefficient (Wildman–Crippen LogP) is 4.29. The molecule has 5 aromatic rings. The van der Waals surface area contributed by atoms with Crippen molar-refractivity contribution in [1.29, 1.82) is 0 Å². The maximum absolute atomic E-state index is 12.3. The van der Waals surface area contributed by atoms with Gasteiger partial charge in [-0.15, -0.1) is 5.10 Å². The van der Waals surface area contributed by atoms with Gasteiger partial charge in [-0.25, -0.2) is 4.98 Å². The number of ether oxygens (including phenoxy) is 1. The Morgan fingerprint density at radius 2 is 1.91 bits per heavy atom. The van der Waals surface area contributed by atoms with E-state index in [9.17, 15) is 4.79 Å². The molecule has 10 nitrogen and oxygen atoms in total. The van der Waals surface area contributed by atoms with Crippen molar-refractivity contribution in [1.82, 2.24) is 19.6 Å². The maximum atomic E-state index is 12.3. The summed E-state index contributed by atoms with van der Waals surface area (Å²) in [4.78, 5) is 21.2. The van der Waals surface area contributed by atoms with Crippen LogP contribution in [-0.4, -0.2) is 32.6 Å². The number of methoxy groups -OCH3 is 1. The van der Waals surface area contributed by atoms with E-state index in [1.807, 2.05) is 13.0 Å². The first-order valence-corrected chi connectivity index (χ1v) is 9.69. The Bertz CT molecular complexity index is 1390. The van der Waals surface area contributed by atoms with Gasteiger partial charge in [0, 0.05) is 17.4 Å². The van der Waals surface area contributed by atoms with Crippen molar-refractivity contribution in [3.05, 3.63) is 72.5 Å². The number of nitrogens with one attached hydrogen (secondary N) is 2. The van der Waals surface area contributed by atoms with Gasteiger partial charge in [-0.05, 0) is 49.4 Å². The van der Waals surface area contributed by atoms with Gasteiger partial charge in [-0.2, -0.15) is 9.50 Å². The van der Waals surface area contributed by atoms with Gasteiger partial charge in [0.1, 0.15) is 11.6 Å². The minimum absolute atomic E-state index is 0.217. The molecule has 2 N–H and O–H groups in total. The number of furan rings is 2. The second-order valence-electron chi connectivity index (χ2n) is 6.88. The van der Waals surface area contributed by atoms with Crippen molar-refractivity contribution in [2.45, 2.75) is 6.92 Å². The number of anilines is 3. The number of nitrogens with zero attached hydrogens (tertiary/aromatic N) is 4. The molecular weight excluding hydrogens is 412 g/mol. The van der Waals surface area contributed by atoms with Crippen LogP contribution in [0.4, 0.5) is 17.2 Å². The van der Waals surface area contributed by atoms with E-state index in [1.165, 1.54) is 6.26 Å². The van der Waals surface area contributed by atoms with Crippen LogP contribution in [0.2, 0.25) is 0 Å². The lowest BCUT2D eigenvalue weighted by atomic mass is 10.2. The van der Waals surface area contributed by atoms with Crippen LogP contribution in [0.25, 0.3) is 17.4 Å². The molecule has 1 amide bonds. The average Bonchev–Trinajstić information content (AvgIpc) is 3.54. The average molecular weight is 430 g/mol. The lowest BCUT2D eigenvalue weighted by molar-refractivity contribution is 0.0996. The van der Waals surface area contributed by atoms with Gasteiger partial charge in [0.05, 0.1) is 25.3 Å². The molecular formula is C22H18N6O4. The zero-order valence-electron chi connectivity index (χ0n) is 17.2. The molecule has 0 unspecified atom stereocenters. The number of fused-ring (bicyclic) bond motifs is 1. The second kappa shape index (κ2) is 7.91. The summed E-state index contributed by atoms with van der Waals surface area (Å²) in [5, 5.41) is 10.6. The molecule has 0 bridgehead atoms. The fourth-order valence-corrected chi connectivity index (χ4v) is 3.21. The molecule has 0 radical (unpaired) electrons. The topological polar surface area (TPSA) is 120 Å². The Kier molecular flexibility index (Phi) is 4.79. The van der Waals surface area contributed by atoms with E-state index < -0.39 is 0 Å². The first kappa shape index (κ1) is 19.4. The molecule has 32 heavy (non-hydrogen) atoms. The first-order chi connectivity index (χ1) is 15.6. The van der Waals surface area contributed by atoms with Crippen molar-refractivity contribution in [2.24, 2.45) is 0 Å². The minimum Gasteiger partial charge on any atom is -0.495 e. The number of rotatable bonds is 6. The Morgan fingerprint density at radius 1 is 1.06 bits per heavy atom. The molecule has 160 valence electrons. The van der Waals surface area contributed by atoms with Crippen molar-refractivity contribution in [3.8, 4) is 17.3 Å². The summed E-state index contributed by atoms with van der Waals surface area (Å²) in [5.41, 5.74) is 1.93. The van der Waals surface area contributed by atoms with Crippen LogP contribution in [0.3, 0.4) is 0 Å². The van der Waals surface area contributed by atoms with E-state index in [2.05, 4.69) is 25.7 Å². The van der Waals surface area contributed by atoms with Crippen molar-refractivity contribution in [2.75, 3.05) is 17.7 Å². The smallest absolute Gasteiger partial charge is 0.291 e. The number of carbonyl (C=O) groups excluding carboxylic acids is 1. The van der Waals surface area contributed by atoms with E-state index in [0.29, 0.717) is 40.3 Å². The summed E-state index contributed by atoms with van der Waals surface area (Å²) in [7, 11) is 1.57. The fraction of sp³-hybridized carbons (Fsp3) is 0.0909. The zero-order valence-corrected chi connectivity index (χ0v) is 17.2. The van der Waals surface area contributed by atoms with Gasteiger partial charge in [-0.1, -0.05) is 0 Å². The van der Waals surface area contributed by atoms with Crippen LogP contribution in [0, 0.1) is 6.92 Å². The van der Waals surface area contributed by atoms with Crippen molar-refractivity contribution in [3.63, 3.8) is 0 Å². The van der Waals surface area contributed by atoms with E-state index in [-0.39, 0.29) is 11.7 Å². The van der Waals surface area contributed by atoms with Gasteiger partial charge in [0.25, 0.3) is 11.7 Å². The van der Waals surface area contributed by atoms with Crippen LogP contribution in [0.5, 0.6) is 5.75 Å². The standard InChI is InChI=1S/C22H18N6O4/c1-13-11-19(28-22(23-13)26-20(27-28)17-5-3-9-31-17)25-15-12-14(7-8-16(15)30-2)24-21(29)18-6-4-10-32-18/h3-12,25H,1-2H3,(H,24,29). The molecule has 0 aliphatic heterocycles. The quantitative estimate of drug-likeness (QED) is 0.409. The molecule has 1 aromatic carbocycles. The largest absolute Gasteiger partial charge is 0.495 e. The third kappa shape index (κ3) is 3.65. The monoisotopic (exact) mass is 430 g/mol. The highest BCUT2D eigenvalue weighted by molar-refractivity contribution is 6.02. The van der Waals surface area contributed by atoms with Crippen LogP contribution >= 0.6 is 0 Å². The summed E-state index contributed by atoms with van der Waals surface area (Å²) in [6.07, 6.45) is 3.01. The maximum Gasteiger partial charge on any atom is 0.291 e. The molecule has 0 aliphatic carbocycles. The van der Waals surface area contributed by atoms with Crippen LogP contribution < -0.4 is 15.4 Å². The molecule has 5 rings (SSSR count). The highest BCUT2D eigenvalue weighted by atomic mass is 16.5. The fourth-order valence-electron chi connectivity index (χ4n) is 3.21. The van der Waals surface area contributed by atoms with Gasteiger partial charge in [-0.3, -0.25) is 4.79 Å². The lowest BCUT2D eigenvalue weighted by Crippen LogP contribution is -2.11. The van der Waals surface area contributed by atoms with Crippen LogP contribution in [0.1, 0.15) is 16.2 Å². The van der Waals surface area contributed by atoms with Crippen LogP contribution in [-0.2, 0) is 0 Å². The second-order valence-corrected chi connectivity index (χ2v) is 6.88. The molecule has 4 aromatic heterocycles. The lowest BCUT2D eigenvalue weighted by Gasteiger charge is -2.14. The van der Waals surface area contributed by atoms with E-state index in [1.54, 1.807) is 60.4 Å². The Hall–Kier alpha value is -4.60. The van der Waals surface area contributed by atoms with Crippen LogP contribution in [0.15, 0.2) is 69.9 Å². The van der Waals surface area contributed by atoms with E-state index in [0.717, 1.165) is 5.69 Å². The van der Waals surface area contributed by atoms with Gasteiger partial charge >= 0.3 is 0 Å². The number of hydrogen-bond acceptors (Lipinski definition) is 8. The van der Waals surface area contributed by atoms with E-state index in [4.69, 9.17) is 13.6 Å². The number of carbonyl (C=O) groups is 1. The molecule has 10 heteroatoms. The SMILES string of the molecule is COc1ccc(NC(=O)c2ccco2)cc1Nc1cc(C)nc2nc(-c3ccco3)nn12. The summed E-state index contributed by atoms with van der Waals surface area (Å²) < 4.78 is 17.6. The number of aryl methyl sites for hydroxylation is 1. The van der Waals surface area contributed by atoms with Crippen molar-refractivity contribution < 1.29 is 18.4 Å². The molecule has 0 spiro atoms. The number of hydrogen-bond donors (Lipinski definition) is 2. The van der Waals surface area contributed by atoms with Gasteiger partial charge in [0.2, 0.25) is 5.82 Å². The summed E-state index contributed by atoms with van der Waals surface area (Å²) >= 11 is 0. The predicted molar refractivity (Wildman–Crippen MR) is 116 cm³/mol. The van der Waals surface area contributed by atoms with Crippen molar-refractivity contribution >= 4 is 28.9 Å². The Balaban J connectivity index is 1.50. The molecule has 0 saturated carbocycles. The highest BCUT2D eigenvalue weighted by Crippen LogP contribution is 2.31. The first-order valence-electron chi connectivity index (χ1n) is 9.69. The Labute approximate surface area is 181 Å². The number of aromatic nitrogens is 4. The summed E-state index contributed by atoms with van der Waals surface area (Å²) in [6, 6.07) is 13.9. The summed E-state index contributed by atoms with van der Waals surface area (Å²) in [5.74, 6) is 2.44. The molecule has 4 heterocycles. The zero-order chi connectivity index (χ0) is 22.1. The molecule has 0 atom stereocenters. The third-order valence-electron chi connectivity index (χ3n) is 4.65. The molecule has 0 saturated heterocycles. The Morgan fingerprint density at radius 3 is 2.66 bits per heavy atom. The number of amides is 1. The molecule has 0 fully saturated rings. The third-order valence-corrected chi connectivity index (χ3v) is 4.65. The van der Waals surface area contributed by atoms with E-state index >= 15 is 0 Å². The van der Waals surface area contributed by atoms with Gasteiger partial charge < -0.3 is 24.2 Å². The number of benzene rings is 1. The highest BCUT2D eigenvalue weighted by Gasteiger charge is 2.16.